The van der Waals surface area contributed by atoms with Crippen molar-refractivity contribution in [1.29, 1.82) is 0 Å². The lowest BCUT2D eigenvalue weighted by molar-refractivity contribution is 0.182. The molecule has 0 radical (unpaired) electrons. The average molecular weight is 354 g/mol. The smallest absolute Gasteiger partial charge is 0.0661 e. The number of anilines is 1. The van der Waals surface area contributed by atoms with Crippen LogP contribution in [-0.2, 0) is 0 Å². The maximum absolute atomic E-state index is 10.0. The summed E-state index contributed by atoms with van der Waals surface area (Å²) in [5, 5.41) is 13.7. The Kier molecular flexibility index (Phi) is 5.37. The Morgan fingerprint density at radius 3 is 2.57 bits per heavy atom. The summed E-state index contributed by atoms with van der Waals surface area (Å²) in [6.45, 7) is 7.21. The van der Waals surface area contributed by atoms with Crippen molar-refractivity contribution in [3.8, 4) is 0 Å². The Bertz CT molecular complexity index is 469. The molecule has 0 aromatic heterocycles. The molecule has 1 aromatic carbocycles. The van der Waals surface area contributed by atoms with Crippen molar-refractivity contribution in [2.45, 2.75) is 58.4 Å². The van der Waals surface area contributed by atoms with Gasteiger partial charge in [0.05, 0.1) is 12.1 Å². The van der Waals surface area contributed by atoms with Gasteiger partial charge in [-0.1, -0.05) is 39.3 Å². The third-order valence-electron chi connectivity index (χ3n) is 4.98. The molecule has 3 heteroatoms. The van der Waals surface area contributed by atoms with Crippen molar-refractivity contribution in [3.63, 3.8) is 0 Å². The lowest BCUT2D eigenvalue weighted by Crippen LogP contribution is -2.42. The van der Waals surface area contributed by atoms with Gasteiger partial charge in [0.1, 0.15) is 0 Å². The highest BCUT2D eigenvalue weighted by atomic mass is 79.9. The molecule has 21 heavy (non-hydrogen) atoms. The van der Waals surface area contributed by atoms with E-state index in [2.05, 4.69) is 48.1 Å². The molecule has 1 saturated carbocycles. The fraction of sp³-hybridized carbons (Fsp3) is 0.667. The van der Waals surface area contributed by atoms with Crippen molar-refractivity contribution in [3.05, 3.63) is 28.7 Å². The van der Waals surface area contributed by atoms with Gasteiger partial charge in [-0.2, -0.15) is 0 Å². The van der Waals surface area contributed by atoms with Crippen LogP contribution in [0.4, 0.5) is 5.69 Å². The Labute approximate surface area is 137 Å². The molecule has 2 rings (SSSR count). The second-order valence-corrected chi connectivity index (χ2v) is 8.39. The van der Waals surface area contributed by atoms with E-state index >= 15 is 0 Å². The molecule has 0 amide bonds. The largest absolute Gasteiger partial charge is 0.394 e. The van der Waals surface area contributed by atoms with E-state index in [0.717, 1.165) is 28.9 Å². The van der Waals surface area contributed by atoms with Gasteiger partial charge in [0.25, 0.3) is 0 Å². The summed E-state index contributed by atoms with van der Waals surface area (Å²) in [7, 11) is 0. The van der Waals surface area contributed by atoms with Gasteiger partial charge in [0, 0.05) is 10.2 Å². The van der Waals surface area contributed by atoms with Crippen LogP contribution < -0.4 is 5.32 Å². The number of para-hydroxylation sites is 1. The summed E-state index contributed by atoms with van der Waals surface area (Å²) in [5.41, 5.74) is 1.27. The molecular weight excluding hydrogens is 326 g/mol. The van der Waals surface area contributed by atoms with Gasteiger partial charge >= 0.3 is 0 Å². The van der Waals surface area contributed by atoms with Gasteiger partial charge < -0.3 is 10.4 Å². The number of aliphatic hydroxyl groups is 1. The molecule has 0 spiro atoms. The summed E-state index contributed by atoms with van der Waals surface area (Å²) >= 11 is 3.60. The number of aliphatic hydroxyl groups excluding tert-OH is 1. The number of nitrogens with one attached hydrogen (secondary N) is 1. The Hall–Kier alpha value is -0.540. The molecule has 2 atom stereocenters. The van der Waals surface area contributed by atoms with E-state index in [9.17, 15) is 5.11 Å². The quantitative estimate of drug-likeness (QED) is 0.730. The highest BCUT2D eigenvalue weighted by Gasteiger charge is 2.36. The molecule has 0 saturated heterocycles. The van der Waals surface area contributed by atoms with Gasteiger partial charge in [-0.3, -0.25) is 0 Å². The van der Waals surface area contributed by atoms with Crippen molar-refractivity contribution in [2.24, 2.45) is 11.3 Å². The number of hydrogen-bond acceptors (Lipinski definition) is 2. The molecule has 1 aromatic rings. The SMILES string of the molecule is CC(C)(C)C1CCCC(CO)(Nc2ccccc2Br)CC1. The van der Waals surface area contributed by atoms with Crippen LogP contribution in [0.15, 0.2) is 28.7 Å². The number of halogens is 1. The highest BCUT2D eigenvalue weighted by molar-refractivity contribution is 9.10. The number of benzene rings is 1. The topological polar surface area (TPSA) is 32.3 Å². The Balaban J connectivity index is 2.13. The van der Waals surface area contributed by atoms with Gasteiger partial charge in [-0.15, -0.1) is 0 Å². The van der Waals surface area contributed by atoms with E-state index in [-0.39, 0.29) is 12.1 Å². The molecule has 1 fully saturated rings. The predicted molar refractivity (Wildman–Crippen MR) is 93.6 cm³/mol. The van der Waals surface area contributed by atoms with E-state index < -0.39 is 0 Å². The van der Waals surface area contributed by atoms with Gasteiger partial charge in [-0.25, -0.2) is 0 Å². The molecule has 0 aliphatic heterocycles. The van der Waals surface area contributed by atoms with Crippen LogP contribution in [0.1, 0.15) is 52.9 Å². The minimum Gasteiger partial charge on any atom is -0.394 e. The molecular formula is C18H28BrNO. The summed E-state index contributed by atoms with van der Waals surface area (Å²) in [5.74, 6) is 0.743. The predicted octanol–water partition coefficient (Wildman–Crippen LogP) is 5.22. The first-order valence-corrected chi connectivity index (χ1v) is 8.79. The molecule has 2 nitrogen and oxygen atoms in total. The first-order chi connectivity index (χ1) is 9.86. The highest BCUT2D eigenvalue weighted by Crippen LogP contribution is 2.41. The molecule has 1 aliphatic carbocycles. The monoisotopic (exact) mass is 353 g/mol. The Morgan fingerprint density at radius 1 is 1.24 bits per heavy atom. The minimum absolute atomic E-state index is 0.177. The van der Waals surface area contributed by atoms with E-state index in [0.29, 0.717) is 5.41 Å². The molecule has 0 heterocycles. The van der Waals surface area contributed by atoms with Crippen LogP contribution in [0, 0.1) is 11.3 Å². The van der Waals surface area contributed by atoms with E-state index in [4.69, 9.17) is 0 Å². The maximum Gasteiger partial charge on any atom is 0.0661 e. The summed E-state index contributed by atoms with van der Waals surface area (Å²) < 4.78 is 1.06. The number of hydrogen-bond donors (Lipinski definition) is 2. The van der Waals surface area contributed by atoms with Crippen LogP contribution >= 0.6 is 15.9 Å². The normalized spacial score (nSPS) is 27.2. The van der Waals surface area contributed by atoms with Crippen molar-refractivity contribution in [1.82, 2.24) is 0 Å². The maximum atomic E-state index is 10.0. The van der Waals surface area contributed by atoms with Gasteiger partial charge in [0.15, 0.2) is 0 Å². The summed E-state index contributed by atoms with van der Waals surface area (Å²) in [4.78, 5) is 0. The second kappa shape index (κ2) is 6.70. The fourth-order valence-corrected chi connectivity index (χ4v) is 3.83. The zero-order chi connectivity index (χ0) is 15.5. The molecule has 0 bridgehead atoms. The lowest BCUT2D eigenvalue weighted by Gasteiger charge is -2.34. The first kappa shape index (κ1) is 16.8. The average Bonchev–Trinajstić information content (AvgIpc) is 2.64. The van der Waals surface area contributed by atoms with E-state index in [1.807, 2.05) is 18.2 Å². The second-order valence-electron chi connectivity index (χ2n) is 7.54. The van der Waals surface area contributed by atoms with E-state index in [1.54, 1.807) is 0 Å². The molecule has 1 aliphatic rings. The first-order valence-electron chi connectivity index (χ1n) is 8.00. The van der Waals surface area contributed by atoms with Crippen molar-refractivity contribution in [2.75, 3.05) is 11.9 Å². The third kappa shape index (κ3) is 4.23. The van der Waals surface area contributed by atoms with Crippen LogP contribution in [0.5, 0.6) is 0 Å². The molecule has 2 unspecified atom stereocenters. The molecule has 118 valence electrons. The van der Waals surface area contributed by atoms with E-state index in [1.165, 1.54) is 19.3 Å². The van der Waals surface area contributed by atoms with Gasteiger partial charge in [0.2, 0.25) is 0 Å². The Morgan fingerprint density at radius 2 is 1.95 bits per heavy atom. The zero-order valence-corrected chi connectivity index (χ0v) is 15.0. The van der Waals surface area contributed by atoms with Crippen molar-refractivity contribution >= 4 is 21.6 Å². The molecule has 2 N–H and O–H groups in total. The van der Waals surface area contributed by atoms with Crippen LogP contribution in [0.3, 0.4) is 0 Å². The zero-order valence-electron chi connectivity index (χ0n) is 13.5. The van der Waals surface area contributed by atoms with Crippen LogP contribution in [0.2, 0.25) is 0 Å². The fourth-order valence-electron chi connectivity index (χ4n) is 3.44. The van der Waals surface area contributed by atoms with Crippen molar-refractivity contribution < 1.29 is 5.11 Å². The minimum atomic E-state index is -0.177. The number of rotatable bonds is 3. The lowest BCUT2D eigenvalue weighted by atomic mass is 9.76. The summed E-state index contributed by atoms with van der Waals surface area (Å²) in [6, 6.07) is 8.17. The van der Waals surface area contributed by atoms with Crippen LogP contribution in [0.25, 0.3) is 0 Å². The van der Waals surface area contributed by atoms with Crippen LogP contribution in [-0.4, -0.2) is 17.3 Å². The summed E-state index contributed by atoms with van der Waals surface area (Å²) in [6.07, 6.45) is 5.70. The van der Waals surface area contributed by atoms with Gasteiger partial charge in [-0.05, 0) is 65.1 Å². The standard InChI is InChI=1S/C18H28BrNO/c1-17(2,3)14-7-6-11-18(13-21,12-10-14)20-16-9-5-4-8-15(16)19/h4-5,8-9,14,20-21H,6-7,10-13H2,1-3H3. The third-order valence-corrected chi connectivity index (χ3v) is 5.67.